The number of pyridine rings is 1. The number of para-hydroxylation sites is 1. The normalized spacial score (nSPS) is 16.0. The van der Waals surface area contributed by atoms with Gasteiger partial charge in [0.1, 0.15) is 0 Å². The molecule has 1 aromatic heterocycles. The van der Waals surface area contributed by atoms with E-state index >= 15 is 0 Å². The fraction of sp³-hybridized carbons (Fsp3) is 0.333. The number of benzene rings is 2. The highest BCUT2D eigenvalue weighted by Gasteiger charge is 2.21. The number of aromatic nitrogens is 1. The maximum Gasteiger partial charge on any atom is 0.159 e. The lowest BCUT2D eigenvalue weighted by molar-refractivity contribution is 0.101. The quantitative estimate of drug-likeness (QED) is 0.453. The minimum atomic E-state index is 0.120. The van der Waals surface area contributed by atoms with Crippen molar-refractivity contribution < 1.29 is 4.79 Å². The van der Waals surface area contributed by atoms with Crippen LogP contribution in [0.15, 0.2) is 42.5 Å². The first kappa shape index (κ1) is 14.4. The van der Waals surface area contributed by atoms with Gasteiger partial charge in [0.15, 0.2) is 5.78 Å². The Morgan fingerprint density at radius 2 is 1.74 bits per heavy atom. The zero-order chi connectivity index (χ0) is 15.8. The van der Waals surface area contributed by atoms with Crippen molar-refractivity contribution in [2.75, 3.05) is 0 Å². The molecule has 1 aliphatic carbocycles. The molecule has 0 bridgehead atoms. The molecule has 23 heavy (non-hydrogen) atoms. The Morgan fingerprint density at radius 1 is 0.957 bits per heavy atom. The molecule has 4 rings (SSSR count). The third-order valence-corrected chi connectivity index (χ3v) is 5.13. The summed E-state index contributed by atoms with van der Waals surface area (Å²) >= 11 is 0. The maximum absolute atomic E-state index is 11.8. The SMILES string of the molecule is CC(=O)c1ccc2c(c1)c(C1CCCCC1)nc1ccccc12. The number of ketones is 1. The molecule has 116 valence electrons. The monoisotopic (exact) mass is 303 g/mol. The molecule has 2 nitrogen and oxygen atoms in total. The number of hydrogen-bond donors (Lipinski definition) is 0. The van der Waals surface area contributed by atoms with Crippen molar-refractivity contribution in [3.05, 3.63) is 53.7 Å². The number of carbonyl (C=O) groups excluding carboxylic acids is 1. The second-order valence-corrected chi connectivity index (χ2v) is 6.67. The molecule has 1 saturated carbocycles. The van der Waals surface area contributed by atoms with Crippen LogP contribution in [-0.4, -0.2) is 10.8 Å². The minimum absolute atomic E-state index is 0.120. The number of carbonyl (C=O) groups is 1. The molecule has 2 heteroatoms. The standard InChI is InChI=1S/C21H21NO/c1-14(23)16-11-12-17-18-9-5-6-10-20(18)22-21(19(17)13-16)15-7-3-2-4-8-15/h5-6,9-13,15H,2-4,7-8H2,1H3. The van der Waals surface area contributed by atoms with Gasteiger partial charge in [-0.15, -0.1) is 0 Å². The molecule has 0 radical (unpaired) electrons. The van der Waals surface area contributed by atoms with Crippen molar-refractivity contribution in [1.29, 1.82) is 0 Å². The van der Waals surface area contributed by atoms with Crippen molar-refractivity contribution in [2.24, 2.45) is 0 Å². The summed E-state index contributed by atoms with van der Waals surface area (Å²) < 4.78 is 0. The van der Waals surface area contributed by atoms with Gasteiger partial charge in [-0.05, 0) is 37.3 Å². The lowest BCUT2D eigenvalue weighted by atomic mass is 9.84. The van der Waals surface area contributed by atoms with Gasteiger partial charge in [0.05, 0.1) is 11.2 Å². The second-order valence-electron chi connectivity index (χ2n) is 6.67. The molecule has 0 N–H and O–H groups in total. The van der Waals surface area contributed by atoms with Gasteiger partial charge in [-0.3, -0.25) is 9.78 Å². The van der Waals surface area contributed by atoms with Gasteiger partial charge in [0.2, 0.25) is 0 Å². The maximum atomic E-state index is 11.8. The highest BCUT2D eigenvalue weighted by Crippen LogP contribution is 2.37. The van der Waals surface area contributed by atoms with Crippen LogP contribution in [0.25, 0.3) is 21.7 Å². The van der Waals surface area contributed by atoms with Crippen LogP contribution in [-0.2, 0) is 0 Å². The van der Waals surface area contributed by atoms with Gasteiger partial charge < -0.3 is 0 Å². The van der Waals surface area contributed by atoms with Gasteiger partial charge in [-0.1, -0.05) is 49.6 Å². The van der Waals surface area contributed by atoms with Crippen LogP contribution in [0.1, 0.15) is 61.0 Å². The molecule has 0 aliphatic heterocycles. The summed E-state index contributed by atoms with van der Waals surface area (Å²) in [4.78, 5) is 16.8. The van der Waals surface area contributed by atoms with Gasteiger partial charge in [0.25, 0.3) is 0 Å². The van der Waals surface area contributed by atoms with Gasteiger partial charge in [0, 0.05) is 22.3 Å². The summed E-state index contributed by atoms with van der Waals surface area (Å²) in [7, 11) is 0. The zero-order valence-electron chi connectivity index (χ0n) is 13.5. The van der Waals surface area contributed by atoms with Crippen LogP contribution in [0.2, 0.25) is 0 Å². The molecule has 1 fully saturated rings. The first-order valence-corrected chi connectivity index (χ1v) is 8.57. The van der Waals surface area contributed by atoms with Crippen molar-refractivity contribution >= 4 is 27.5 Å². The zero-order valence-corrected chi connectivity index (χ0v) is 13.5. The van der Waals surface area contributed by atoms with Crippen LogP contribution < -0.4 is 0 Å². The Balaban J connectivity index is 2.03. The predicted molar refractivity (Wildman–Crippen MR) is 95.1 cm³/mol. The molecule has 2 aromatic carbocycles. The third kappa shape index (κ3) is 2.52. The largest absolute Gasteiger partial charge is 0.295 e. The summed E-state index contributed by atoms with van der Waals surface area (Å²) in [5.74, 6) is 0.646. The van der Waals surface area contributed by atoms with Crippen LogP contribution >= 0.6 is 0 Å². The van der Waals surface area contributed by atoms with E-state index in [0.717, 1.165) is 11.1 Å². The van der Waals surface area contributed by atoms with Crippen molar-refractivity contribution in [3.8, 4) is 0 Å². The molecule has 0 atom stereocenters. The Morgan fingerprint density at radius 3 is 2.52 bits per heavy atom. The van der Waals surface area contributed by atoms with E-state index in [0.29, 0.717) is 5.92 Å². The number of nitrogens with zero attached hydrogens (tertiary/aromatic N) is 1. The average Bonchev–Trinajstić information content (AvgIpc) is 2.61. The Hall–Kier alpha value is -2.22. The summed E-state index contributed by atoms with van der Waals surface area (Å²) in [6.45, 7) is 1.63. The summed E-state index contributed by atoms with van der Waals surface area (Å²) in [6.07, 6.45) is 6.33. The van der Waals surface area contributed by atoms with E-state index in [4.69, 9.17) is 4.98 Å². The third-order valence-electron chi connectivity index (χ3n) is 5.13. The van der Waals surface area contributed by atoms with E-state index in [2.05, 4.69) is 36.4 Å². The first-order chi connectivity index (χ1) is 11.2. The van der Waals surface area contributed by atoms with Crippen molar-refractivity contribution in [3.63, 3.8) is 0 Å². The first-order valence-electron chi connectivity index (χ1n) is 8.57. The number of hydrogen-bond acceptors (Lipinski definition) is 2. The van der Waals surface area contributed by atoms with Crippen LogP contribution in [0, 0.1) is 0 Å². The highest BCUT2D eigenvalue weighted by atomic mass is 16.1. The van der Waals surface area contributed by atoms with E-state index in [-0.39, 0.29) is 5.78 Å². The molecule has 3 aromatic rings. The smallest absolute Gasteiger partial charge is 0.159 e. The number of Topliss-reactive ketones (excluding diaryl/α,β-unsaturated/α-hetero) is 1. The Bertz CT molecular complexity index is 891. The summed E-state index contributed by atoms with van der Waals surface area (Å²) in [5, 5.41) is 3.57. The second kappa shape index (κ2) is 5.77. The number of fused-ring (bicyclic) bond motifs is 3. The van der Waals surface area contributed by atoms with Crippen LogP contribution in [0.3, 0.4) is 0 Å². The molecular formula is C21H21NO. The van der Waals surface area contributed by atoms with Crippen LogP contribution in [0.4, 0.5) is 0 Å². The predicted octanol–water partition coefficient (Wildman–Crippen LogP) is 5.64. The lowest BCUT2D eigenvalue weighted by Gasteiger charge is -2.23. The topological polar surface area (TPSA) is 30.0 Å². The molecule has 1 aliphatic rings. The van der Waals surface area contributed by atoms with Crippen molar-refractivity contribution in [2.45, 2.75) is 44.9 Å². The van der Waals surface area contributed by atoms with Crippen LogP contribution in [0.5, 0.6) is 0 Å². The van der Waals surface area contributed by atoms with Gasteiger partial charge in [-0.2, -0.15) is 0 Å². The average molecular weight is 303 g/mol. The molecular weight excluding hydrogens is 282 g/mol. The fourth-order valence-corrected chi connectivity index (χ4v) is 3.89. The number of rotatable bonds is 2. The molecule has 0 unspecified atom stereocenters. The summed E-state index contributed by atoms with van der Waals surface area (Å²) in [6, 6.07) is 14.4. The Labute approximate surface area is 136 Å². The molecule has 1 heterocycles. The van der Waals surface area contributed by atoms with E-state index < -0.39 is 0 Å². The molecule has 0 amide bonds. The highest BCUT2D eigenvalue weighted by molar-refractivity contribution is 6.09. The van der Waals surface area contributed by atoms with E-state index in [1.165, 1.54) is 54.0 Å². The van der Waals surface area contributed by atoms with Gasteiger partial charge >= 0.3 is 0 Å². The van der Waals surface area contributed by atoms with E-state index in [1.807, 2.05) is 6.07 Å². The van der Waals surface area contributed by atoms with Crippen molar-refractivity contribution in [1.82, 2.24) is 4.98 Å². The van der Waals surface area contributed by atoms with E-state index in [1.54, 1.807) is 6.92 Å². The lowest BCUT2D eigenvalue weighted by Crippen LogP contribution is -2.08. The minimum Gasteiger partial charge on any atom is -0.295 e. The molecule has 0 saturated heterocycles. The van der Waals surface area contributed by atoms with E-state index in [9.17, 15) is 4.79 Å². The van der Waals surface area contributed by atoms with Gasteiger partial charge in [-0.25, -0.2) is 0 Å². The Kier molecular flexibility index (Phi) is 3.60. The molecule has 0 spiro atoms. The fourth-order valence-electron chi connectivity index (χ4n) is 3.89. The summed E-state index contributed by atoms with van der Waals surface area (Å²) in [5.41, 5.74) is 3.05.